The van der Waals surface area contributed by atoms with Gasteiger partial charge in [-0.15, -0.1) is 0 Å². The van der Waals surface area contributed by atoms with Gasteiger partial charge in [0.15, 0.2) is 0 Å². The van der Waals surface area contributed by atoms with Crippen LogP contribution in [0.25, 0.3) is 0 Å². The van der Waals surface area contributed by atoms with Gasteiger partial charge in [0.1, 0.15) is 6.10 Å². The van der Waals surface area contributed by atoms with Gasteiger partial charge >= 0.3 is 0 Å². The Hall–Kier alpha value is -0.870. The zero-order valence-electron chi connectivity index (χ0n) is 13.8. The number of fused-ring (bicyclic) bond motifs is 1. The molecule has 0 aromatic rings. The molecule has 1 heterocycles. The number of aliphatic hydroxyl groups is 1. The SMILES string of the molecule is CC1=CC[C@@H]2[C@@H](O[C@H](C)C[C@]2(C)NC(=O)CC(C)C)[C@@H]1O. The quantitative estimate of drug-likeness (QED) is 0.786. The van der Waals surface area contributed by atoms with Crippen LogP contribution >= 0.6 is 0 Å². The van der Waals surface area contributed by atoms with E-state index in [1.807, 2.05) is 27.7 Å². The third-order valence-corrected chi connectivity index (χ3v) is 4.81. The van der Waals surface area contributed by atoms with E-state index in [-0.39, 0.29) is 29.6 Å². The monoisotopic (exact) mass is 295 g/mol. The Balaban J connectivity index is 2.19. The summed E-state index contributed by atoms with van der Waals surface area (Å²) in [6, 6.07) is 0. The molecule has 1 aliphatic carbocycles. The minimum atomic E-state index is -0.562. The Morgan fingerprint density at radius 3 is 2.86 bits per heavy atom. The second-order valence-corrected chi connectivity index (χ2v) is 7.41. The highest BCUT2D eigenvalue weighted by Crippen LogP contribution is 2.41. The van der Waals surface area contributed by atoms with Gasteiger partial charge in [0.25, 0.3) is 0 Å². The summed E-state index contributed by atoms with van der Waals surface area (Å²) < 4.78 is 5.99. The van der Waals surface area contributed by atoms with E-state index in [0.29, 0.717) is 12.3 Å². The molecule has 21 heavy (non-hydrogen) atoms. The summed E-state index contributed by atoms with van der Waals surface area (Å²) in [5.74, 6) is 0.574. The fraction of sp³-hybridized carbons (Fsp3) is 0.824. The summed E-state index contributed by atoms with van der Waals surface area (Å²) in [6.45, 7) is 10.2. The first-order valence-electron chi connectivity index (χ1n) is 8.04. The van der Waals surface area contributed by atoms with Crippen LogP contribution in [0.3, 0.4) is 0 Å². The van der Waals surface area contributed by atoms with Gasteiger partial charge in [0.05, 0.1) is 12.2 Å². The minimum absolute atomic E-state index is 0.0381. The van der Waals surface area contributed by atoms with Crippen LogP contribution in [0.4, 0.5) is 0 Å². The molecule has 2 rings (SSSR count). The first-order chi connectivity index (χ1) is 9.73. The fourth-order valence-corrected chi connectivity index (χ4v) is 3.79. The number of amides is 1. The summed E-state index contributed by atoms with van der Waals surface area (Å²) in [5.41, 5.74) is 0.660. The predicted octanol–water partition coefficient (Wildman–Crippen LogP) is 2.41. The van der Waals surface area contributed by atoms with Crippen molar-refractivity contribution in [3.63, 3.8) is 0 Å². The zero-order valence-corrected chi connectivity index (χ0v) is 13.8. The van der Waals surface area contributed by atoms with Gasteiger partial charge in [0.2, 0.25) is 5.91 Å². The molecular formula is C17H29NO3. The van der Waals surface area contributed by atoms with Crippen LogP contribution in [0.2, 0.25) is 0 Å². The molecule has 0 bridgehead atoms. The first-order valence-corrected chi connectivity index (χ1v) is 8.04. The molecule has 1 aliphatic heterocycles. The van der Waals surface area contributed by atoms with Gasteiger partial charge in [-0.2, -0.15) is 0 Å². The molecule has 1 fully saturated rings. The molecule has 1 saturated heterocycles. The van der Waals surface area contributed by atoms with E-state index in [1.165, 1.54) is 0 Å². The summed E-state index contributed by atoms with van der Waals surface area (Å²) >= 11 is 0. The molecular weight excluding hydrogens is 266 g/mol. The van der Waals surface area contributed by atoms with E-state index >= 15 is 0 Å². The maximum absolute atomic E-state index is 12.2. The van der Waals surface area contributed by atoms with Crippen molar-refractivity contribution in [2.24, 2.45) is 11.8 Å². The van der Waals surface area contributed by atoms with Crippen LogP contribution in [0.15, 0.2) is 11.6 Å². The maximum Gasteiger partial charge on any atom is 0.220 e. The van der Waals surface area contributed by atoms with Crippen LogP contribution in [0, 0.1) is 11.8 Å². The summed E-state index contributed by atoms with van der Waals surface area (Å²) in [4.78, 5) is 12.2. The van der Waals surface area contributed by atoms with Crippen molar-refractivity contribution in [2.75, 3.05) is 0 Å². The van der Waals surface area contributed by atoms with Gasteiger partial charge < -0.3 is 15.2 Å². The molecule has 0 unspecified atom stereocenters. The van der Waals surface area contributed by atoms with E-state index in [4.69, 9.17) is 4.74 Å². The van der Waals surface area contributed by atoms with Crippen LogP contribution in [0.5, 0.6) is 0 Å². The summed E-state index contributed by atoms with van der Waals surface area (Å²) in [5, 5.41) is 13.6. The molecule has 0 spiro atoms. The zero-order chi connectivity index (χ0) is 15.8. The van der Waals surface area contributed by atoms with Crippen LogP contribution < -0.4 is 5.32 Å². The van der Waals surface area contributed by atoms with E-state index in [2.05, 4.69) is 18.3 Å². The Morgan fingerprint density at radius 2 is 2.24 bits per heavy atom. The van der Waals surface area contributed by atoms with E-state index in [0.717, 1.165) is 18.4 Å². The van der Waals surface area contributed by atoms with E-state index in [9.17, 15) is 9.90 Å². The van der Waals surface area contributed by atoms with Gasteiger partial charge in [-0.3, -0.25) is 4.79 Å². The summed E-state index contributed by atoms with van der Waals surface area (Å²) in [6.07, 6.45) is 3.51. The van der Waals surface area contributed by atoms with Crippen molar-refractivity contribution in [1.82, 2.24) is 5.32 Å². The molecule has 5 atom stereocenters. The van der Waals surface area contributed by atoms with Gasteiger partial charge in [-0.05, 0) is 45.1 Å². The fourth-order valence-electron chi connectivity index (χ4n) is 3.79. The molecule has 120 valence electrons. The average Bonchev–Trinajstić information content (AvgIpc) is 2.32. The number of hydrogen-bond acceptors (Lipinski definition) is 3. The topological polar surface area (TPSA) is 58.6 Å². The minimum Gasteiger partial charge on any atom is -0.386 e. The number of rotatable bonds is 3. The number of carbonyl (C=O) groups is 1. The lowest BCUT2D eigenvalue weighted by molar-refractivity contribution is -0.159. The third-order valence-electron chi connectivity index (χ3n) is 4.81. The Kier molecular flexibility index (Phi) is 4.79. The number of nitrogens with one attached hydrogen (secondary N) is 1. The highest BCUT2D eigenvalue weighted by Gasteiger charge is 2.49. The van der Waals surface area contributed by atoms with Crippen LogP contribution in [-0.2, 0) is 9.53 Å². The highest BCUT2D eigenvalue weighted by atomic mass is 16.5. The number of allylic oxidation sites excluding steroid dienone is 1. The van der Waals surface area contributed by atoms with Crippen molar-refractivity contribution >= 4 is 5.91 Å². The number of hydrogen-bond donors (Lipinski definition) is 2. The Morgan fingerprint density at radius 1 is 1.57 bits per heavy atom. The van der Waals surface area contributed by atoms with Crippen LogP contribution in [0.1, 0.15) is 53.9 Å². The van der Waals surface area contributed by atoms with Crippen LogP contribution in [-0.4, -0.2) is 34.9 Å². The molecule has 0 saturated carbocycles. The highest BCUT2D eigenvalue weighted by molar-refractivity contribution is 5.77. The molecule has 0 aromatic carbocycles. The second kappa shape index (κ2) is 6.09. The van der Waals surface area contributed by atoms with E-state index < -0.39 is 6.10 Å². The molecule has 4 nitrogen and oxygen atoms in total. The molecule has 0 radical (unpaired) electrons. The van der Waals surface area contributed by atoms with Crippen molar-refractivity contribution in [2.45, 2.75) is 77.7 Å². The van der Waals surface area contributed by atoms with Crippen molar-refractivity contribution in [3.05, 3.63) is 11.6 Å². The van der Waals surface area contributed by atoms with Crippen molar-refractivity contribution < 1.29 is 14.6 Å². The molecule has 1 amide bonds. The standard InChI is InChI=1S/C17H29NO3/c1-10(2)8-14(19)18-17(5)9-12(4)21-16-13(17)7-6-11(3)15(16)20/h6,10,12-13,15-16,20H,7-9H2,1-5H3,(H,18,19)/t12-,13-,15-,16-,17+/m1/s1. The van der Waals surface area contributed by atoms with Gasteiger partial charge in [-0.1, -0.05) is 19.9 Å². The smallest absolute Gasteiger partial charge is 0.220 e. The lowest BCUT2D eigenvalue weighted by Crippen LogP contribution is -2.63. The predicted molar refractivity (Wildman–Crippen MR) is 82.8 cm³/mol. The van der Waals surface area contributed by atoms with Gasteiger partial charge in [-0.25, -0.2) is 0 Å². The number of ether oxygens (including phenoxy) is 1. The number of aliphatic hydroxyl groups excluding tert-OH is 1. The van der Waals surface area contributed by atoms with Gasteiger partial charge in [0, 0.05) is 17.9 Å². The normalized spacial score (nSPS) is 39.7. The van der Waals surface area contributed by atoms with E-state index in [1.54, 1.807) is 0 Å². The van der Waals surface area contributed by atoms with Crippen molar-refractivity contribution in [1.29, 1.82) is 0 Å². The molecule has 4 heteroatoms. The maximum atomic E-state index is 12.2. The lowest BCUT2D eigenvalue weighted by Gasteiger charge is -2.51. The Labute approximate surface area is 127 Å². The largest absolute Gasteiger partial charge is 0.386 e. The first kappa shape index (κ1) is 16.5. The molecule has 2 aliphatic rings. The average molecular weight is 295 g/mol. The third kappa shape index (κ3) is 3.49. The second-order valence-electron chi connectivity index (χ2n) is 7.41. The summed E-state index contributed by atoms with van der Waals surface area (Å²) in [7, 11) is 0. The Bertz CT molecular complexity index is 432. The lowest BCUT2D eigenvalue weighted by atomic mass is 9.69. The molecule has 0 aromatic heterocycles. The molecule has 2 N–H and O–H groups in total. The number of carbonyl (C=O) groups excluding carboxylic acids is 1. The van der Waals surface area contributed by atoms with Crippen molar-refractivity contribution in [3.8, 4) is 0 Å².